The molecule has 1 aliphatic rings. The van der Waals surface area contributed by atoms with Crippen molar-refractivity contribution in [3.05, 3.63) is 0 Å². The molecule has 3 heteroatoms. The van der Waals surface area contributed by atoms with E-state index in [1.165, 1.54) is 32.1 Å². The molecule has 0 aromatic heterocycles. The molecule has 0 spiro atoms. The SMILES string of the molecule is CC(C)CCCC(C)NC(=O)CCC1CCCCN1. The van der Waals surface area contributed by atoms with Crippen molar-refractivity contribution in [3.63, 3.8) is 0 Å². The van der Waals surface area contributed by atoms with Gasteiger partial charge in [0.2, 0.25) is 5.91 Å². The van der Waals surface area contributed by atoms with Crippen molar-refractivity contribution in [1.82, 2.24) is 10.6 Å². The van der Waals surface area contributed by atoms with Crippen molar-refractivity contribution in [1.29, 1.82) is 0 Å². The van der Waals surface area contributed by atoms with Crippen LogP contribution in [-0.2, 0) is 4.79 Å². The zero-order valence-electron chi connectivity index (χ0n) is 13.0. The van der Waals surface area contributed by atoms with Crippen LogP contribution in [0.25, 0.3) is 0 Å². The van der Waals surface area contributed by atoms with Crippen LogP contribution < -0.4 is 10.6 Å². The first-order chi connectivity index (χ1) is 9.08. The van der Waals surface area contributed by atoms with Gasteiger partial charge in [0.25, 0.3) is 0 Å². The Morgan fingerprint density at radius 3 is 2.68 bits per heavy atom. The molecule has 1 fully saturated rings. The normalized spacial score (nSPS) is 21.4. The largest absolute Gasteiger partial charge is 0.354 e. The molecule has 2 unspecified atom stereocenters. The lowest BCUT2D eigenvalue weighted by atomic mass is 10.00. The molecule has 1 aliphatic heterocycles. The molecule has 2 N–H and O–H groups in total. The van der Waals surface area contributed by atoms with Crippen molar-refractivity contribution in [2.24, 2.45) is 5.92 Å². The standard InChI is InChI=1S/C16H32N2O/c1-13(2)7-6-8-14(3)18-16(19)11-10-15-9-4-5-12-17-15/h13-15,17H,4-12H2,1-3H3,(H,18,19). The number of hydrogen-bond acceptors (Lipinski definition) is 2. The van der Waals surface area contributed by atoms with Crippen LogP contribution in [0, 0.1) is 5.92 Å². The third-order valence-electron chi connectivity index (χ3n) is 3.96. The Morgan fingerprint density at radius 2 is 2.05 bits per heavy atom. The van der Waals surface area contributed by atoms with E-state index < -0.39 is 0 Å². The average Bonchev–Trinajstić information content (AvgIpc) is 2.37. The van der Waals surface area contributed by atoms with Gasteiger partial charge in [0.15, 0.2) is 0 Å². The van der Waals surface area contributed by atoms with E-state index in [4.69, 9.17) is 0 Å². The van der Waals surface area contributed by atoms with Gasteiger partial charge in [-0.3, -0.25) is 4.79 Å². The first-order valence-electron chi connectivity index (χ1n) is 8.10. The number of nitrogens with one attached hydrogen (secondary N) is 2. The fourth-order valence-corrected chi connectivity index (χ4v) is 2.73. The Balaban J connectivity index is 2.05. The molecule has 0 saturated carbocycles. The number of amides is 1. The van der Waals surface area contributed by atoms with E-state index in [-0.39, 0.29) is 5.91 Å². The summed E-state index contributed by atoms with van der Waals surface area (Å²) in [4.78, 5) is 11.9. The van der Waals surface area contributed by atoms with Gasteiger partial charge in [-0.25, -0.2) is 0 Å². The summed E-state index contributed by atoms with van der Waals surface area (Å²) in [6.07, 6.45) is 9.07. The molecule has 2 atom stereocenters. The predicted octanol–water partition coefficient (Wildman–Crippen LogP) is 3.24. The lowest BCUT2D eigenvalue weighted by molar-refractivity contribution is -0.122. The molecule has 3 nitrogen and oxygen atoms in total. The van der Waals surface area contributed by atoms with Gasteiger partial charge in [0.05, 0.1) is 0 Å². The summed E-state index contributed by atoms with van der Waals surface area (Å²) >= 11 is 0. The molecule has 112 valence electrons. The van der Waals surface area contributed by atoms with E-state index in [0.717, 1.165) is 25.3 Å². The van der Waals surface area contributed by atoms with Crippen molar-refractivity contribution in [2.45, 2.75) is 84.2 Å². The maximum Gasteiger partial charge on any atom is 0.220 e. The molecule has 1 heterocycles. The molecule has 0 aromatic rings. The molecule has 0 aromatic carbocycles. The highest BCUT2D eigenvalue weighted by Crippen LogP contribution is 2.12. The molecule has 1 amide bonds. The van der Waals surface area contributed by atoms with Gasteiger partial charge in [-0.1, -0.05) is 33.1 Å². The molecular formula is C16H32N2O. The van der Waals surface area contributed by atoms with Crippen molar-refractivity contribution in [2.75, 3.05) is 6.54 Å². The highest BCUT2D eigenvalue weighted by molar-refractivity contribution is 5.76. The van der Waals surface area contributed by atoms with Crippen molar-refractivity contribution < 1.29 is 4.79 Å². The monoisotopic (exact) mass is 268 g/mol. The molecule has 1 rings (SSSR count). The number of piperidine rings is 1. The number of carbonyl (C=O) groups is 1. The lowest BCUT2D eigenvalue weighted by Gasteiger charge is -2.23. The third kappa shape index (κ3) is 8.25. The first-order valence-corrected chi connectivity index (χ1v) is 8.10. The van der Waals surface area contributed by atoms with Gasteiger partial charge in [0, 0.05) is 18.5 Å². The van der Waals surface area contributed by atoms with Crippen LogP contribution in [0.4, 0.5) is 0 Å². The first kappa shape index (κ1) is 16.5. The van der Waals surface area contributed by atoms with E-state index in [9.17, 15) is 4.79 Å². The Bertz CT molecular complexity index is 247. The van der Waals surface area contributed by atoms with Crippen LogP contribution in [0.1, 0.15) is 72.1 Å². The molecular weight excluding hydrogens is 236 g/mol. The van der Waals surface area contributed by atoms with Crippen LogP contribution in [0.3, 0.4) is 0 Å². The highest BCUT2D eigenvalue weighted by atomic mass is 16.1. The predicted molar refractivity (Wildman–Crippen MR) is 81.2 cm³/mol. The topological polar surface area (TPSA) is 41.1 Å². The molecule has 0 aliphatic carbocycles. The summed E-state index contributed by atoms with van der Waals surface area (Å²) in [5.74, 6) is 0.990. The van der Waals surface area contributed by atoms with Gasteiger partial charge in [0.1, 0.15) is 0 Å². The second-order valence-electron chi connectivity index (χ2n) is 6.48. The third-order valence-corrected chi connectivity index (χ3v) is 3.96. The van der Waals surface area contributed by atoms with E-state index in [1.807, 2.05) is 0 Å². The molecule has 19 heavy (non-hydrogen) atoms. The molecule has 1 saturated heterocycles. The van der Waals surface area contributed by atoms with Crippen LogP contribution in [-0.4, -0.2) is 24.5 Å². The summed E-state index contributed by atoms with van der Waals surface area (Å²) in [7, 11) is 0. The van der Waals surface area contributed by atoms with E-state index in [2.05, 4.69) is 31.4 Å². The fourth-order valence-electron chi connectivity index (χ4n) is 2.73. The number of hydrogen-bond donors (Lipinski definition) is 2. The molecule has 0 radical (unpaired) electrons. The van der Waals surface area contributed by atoms with Gasteiger partial charge >= 0.3 is 0 Å². The average molecular weight is 268 g/mol. The van der Waals surface area contributed by atoms with Crippen LogP contribution in [0.2, 0.25) is 0 Å². The lowest BCUT2D eigenvalue weighted by Crippen LogP contribution is -2.37. The van der Waals surface area contributed by atoms with Gasteiger partial charge in [-0.05, 0) is 45.1 Å². The smallest absolute Gasteiger partial charge is 0.220 e. The second kappa shape index (κ2) is 9.35. The number of carbonyl (C=O) groups excluding carboxylic acids is 1. The quantitative estimate of drug-likeness (QED) is 0.709. The van der Waals surface area contributed by atoms with Crippen LogP contribution >= 0.6 is 0 Å². The highest BCUT2D eigenvalue weighted by Gasteiger charge is 2.14. The van der Waals surface area contributed by atoms with E-state index in [1.54, 1.807) is 0 Å². The summed E-state index contributed by atoms with van der Waals surface area (Å²) < 4.78 is 0. The Kier molecular flexibility index (Phi) is 8.11. The summed E-state index contributed by atoms with van der Waals surface area (Å²) in [6, 6.07) is 0.890. The van der Waals surface area contributed by atoms with Crippen molar-refractivity contribution in [3.8, 4) is 0 Å². The van der Waals surface area contributed by atoms with E-state index >= 15 is 0 Å². The summed E-state index contributed by atoms with van der Waals surface area (Å²) in [5.41, 5.74) is 0. The zero-order valence-corrected chi connectivity index (χ0v) is 13.0. The van der Waals surface area contributed by atoms with Gasteiger partial charge in [-0.2, -0.15) is 0 Å². The minimum atomic E-state index is 0.226. The maximum atomic E-state index is 11.9. The van der Waals surface area contributed by atoms with Gasteiger partial charge in [-0.15, -0.1) is 0 Å². The van der Waals surface area contributed by atoms with E-state index in [0.29, 0.717) is 18.5 Å². The van der Waals surface area contributed by atoms with Gasteiger partial charge < -0.3 is 10.6 Å². The second-order valence-corrected chi connectivity index (χ2v) is 6.48. The zero-order chi connectivity index (χ0) is 14.1. The van der Waals surface area contributed by atoms with Crippen molar-refractivity contribution >= 4 is 5.91 Å². The van der Waals surface area contributed by atoms with Crippen LogP contribution in [0.5, 0.6) is 0 Å². The maximum absolute atomic E-state index is 11.9. The summed E-state index contributed by atoms with van der Waals surface area (Å²) in [5, 5.41) is 6.62. The Morgan fingerprint density at radius 1 is 1.26 bits per heavy atom. The minimum Gasteiger partial charge on any atom is -0.354 e. The molecule has 0 bridgehead atoms. The minimum absolute atomic E-state index is 0.226. The summed E-state index contributed by atoms with van der Waals surface area (Å²) in [6.45, 7) is 7.75. The van der Waals surface area contributed by atoms with Crippen LogP contribution in [0.15, 0.2) is 0 Å². The Labute approximate surface area is 118 Å². The number of rotatable bonds is 8. The fraction of sp³-hybridized carbons (Fsp3) is 0.938. The Hall–Kier alpha value is -0.570.